The average Bonchev–Trinajstić information content (AvgIpc) is 2.66. The van der Waals surface area contributed by atoms with Crippen molar-refractivity contribution < 1.29 is 9.59 Å². The molecule has 0 aromatic heterocycles. The summed E-state index contributed by atoms with van der Waals surface area (Å²) in [5.41, 5.74) is 5.91. The van der Waals surface area contributed by atoms with E-state index in [1.165, 1.54) is 0 Å². The maximum absolute atomic E-state index is 12.6. The molecule has 1 aliphatic heterocycles. The zero-order chi connectivity index (χ0) is 15.4. The van der Waals surface area contributed by atoms with Crippen LogP contribution in [0.15, 0.2) is 22.7 Å². The van der Waals surface area contributed by atoms with Crippen LogP contribution in [0.1, 0.15) is 16.8 Å². The Labute approximate surface area is 146 Å². The first-order chi connectivity index (χ1) is 9.97. The van der Waals surface area contributed by atoms with Crippen molar-refractivity contribution in [1.29, 1.82) is 0 Å². The van der Waals surface area contributed by atoms with Gasteiger partial charge < -0.3 is 10.6 Å². The van der Waals surface area contributed by atoms with Crippen molar-refractivity contribution >= 4 is 50.3 Å². The maximum Gasteiger partial charge on any atom is 0.255 e. The van der Waals surface area contributed by atoms with Crippen molar-refractivity contribution in [3.63, 3.8) is 0 Å². The predicted octanol–water partition coefficient (Wildman–Crippen LogP) is 1.69. The van der Waals surface area contributed by atoms with Crippen LogP contribution in [-0.2, 0) is 4.79 Å². The molecular weight excluding hydrogens is 449 g/mol. The lowest BCUT2D eigenvalue weighted by Gasteiger charge is -2.22. The second-order valence-electron chi connectivity index (χ2n) is 5.01. The third-order valence-electron chi connectivity index (χ3n) is 3.41. The van der Waals surface area contributed by atoms with Gasteiger partial charge in [0, 0.05) is 34.2 Å². The lowest BCUT2D eigenvalue weighted by Crippen LogP contribution is -2.38. The SMILES string of the molecule is NC(=O)CN1CCCN(C(=O)c2cc(I)ccc2Br)CC1. The summed E-state index contributed by atoms with van der Waals surface area (Å²) in [7, 11) is 0. The van der Waals surface area contributed by atoms with Crippen LogP contribution in [0, 0.1) is 3.57 Å². The third kappa shape index (κ3) is 4.65. The van der Waals surface area contributed by atoms with Crippen LogP contribution in [0.4, 0.5) is 0 Å². The summed E-state index contributed by atoms with van der Waals surface area (Å²) in [6.07, 6.45) is 0.848. The number of halogens is 2. The Balaban J connectivity index is 2.06. The molecule has 0 saturated carbocycles. The van der Waals surface area contributed by atoms with Crippen molar-refractivity contribution in [2.45, 2.75) is 6.42 Å². The van der Waals surface area contributed by atoms with Crippen molar-refractivity contribution in [1.82, 2.24) is 9.80 Å². The number of nitrogens with two attached hydrogens (primary N) is 1. The summed E-state index contributed by atoms with van der Waals surface area (Å²) >= 11 is 5.64. The van der Waals surface area contributed by atoms with E-state index in [1.54, 1.807) is 0 Å². The highest BCUT2D eigenvalue weighted by atomic mass is 127. The van der Waals surface area contributed by atoms with Gasteiger partial charge in [-0.05, 0) is 63.1 Å². The number of primary amides is 1. The Bertz CT molecular complexity index is 553. The van der Waals surface area contributed by atoms with Crippen molar-refractivity contribution in [2.75, 3.05) is 32.7 Å². The molecule has 114 valence electrons. The summed E-state index contributed by atoms with van der Waals surface area (Å²) < 4.78 is 1.84. The number of nitrogens with zero attached hydrogens (tertiary/aromatic N) is 2. The summed E-state index contributed by atoms with van der Waals surface area (Å²) in [5.74, 6) is -0.295. The summed E-state index contributed by atoms with van der Waals surface area (Å²) in [5, 5.41) is 0. The van der Waals surface area contributed by atoms with Crippen LogP contribution >= 0.6 is 38.5 Å². The highest BCUT2D eigenvalue weighted by molar-refractivity contribution is 14.1. The molecule has 5 nitrogen and oxygen atoms in total. The van der Waals surface area contributed by atoms with E-state index >= 15 is 0 Å². The number of carbonyl (C=O) groups is 2. The maximum atomic E-state index is 12.6. The van der Waals surface area contributed by atoms with E-state index in [1.807, 2.05) is 28.0 Å². The fourth-order valence-corrected chi connectivity index (χ4v) is 3.29. The first-order valence-corrected chi connectivity index (χ1v) is 8.59. The fourth-order valence-electron chi connectivity index (χ4n) is 2.38. The van der Waals surface area contributed by atoms with E-state index in [4.69, 9.17) is 5.73 Å². The Morgan fingerprint density at radius 3 is 2.71 bits per heavy atom. The monoisotopic (exact) mass is 465 g/mol. The summed E-state index contributed by atoms with van der Waals surface area (Å²) in [6.45, 7) is 3.04. The Hall–Kier alpha value is -0.670. The number of carbonyl (C=O) groups excluding carboxylic acids is 2. The van der Waals surface area contributed by atoms with Crippen LogP contribution in [-0.4, -0.2) is 54.3 Å². The predicted molar refractivity (Wildman–Crippen MR) is 93.0 cm³/mol. The van der Waals surface area contributed by atoms with Gasteiger partial charge in [0.05, 0.1) is 12.1 Å². The molecule has 1 heterocycles. The molecule has 0 atom stereocenters. The Kier molecular flexibility index (Phi) is 6.00. The van der Waals surface area contributed by atoms with Gasteiger partial charge in [-0.15, -0.1) is 0 Å². The van der Waals surface area contributed by atoms with Crippen molar-refractivity contribution in [3.8, 4) is 0 Å². The zero-order valence-corrected chi connectivity index (χ0v) is 15.3. The zero-order valence-electron chi connectivity index (χ0n) is 11.5. The molecule has 1 fully saturated rings. The van der Waals surface area contributed by atoms with Gasteiger partial charge >= 0.3 is 0 Å². The second kappa shape index (κ2) is 7.55. The minimum absolute atomic E-state index is 0.0290. The second-order valence-corrected chi connectivity index (χ2v) is 7.11. The van der Waals surface area contributed by atoms with Gasteiger partial charge in [0.1, 0.15) is 0 Å². The largest absolute Gasteiger partial charge is 0.369 e. The van der Waals surface area contributed by atoms with Crippen LogP contribution in [0.2, 0.25) is 0 Å². The van der Waals surface area contributed by atoms with Crippen LogP contribution in [0.25, 0.3) is 0 Å². The van der Waals surface area contributed by atoms with Crippen LogP contribution in [0.3, 0.4) is 0 Å². The van der Waals surface area contributed by atoms with E-state index in [2.05, 4.69) is 38.5 Å². The molecule has 0 unspecified atom stereocenters. The lowest BCUT2D eigenvalue weighted by atomic mass is 10.2. The van der Waals surface area contributed by atoms with Gasteiger partial charge in [-0.2, -0.15) is 0 Å². The van der Waals surface area contributed by atoms with E-state index in [9.17, 15) is 9.59 Å². The molecule has 2 amide bonds. The minimum Gasteiger partial charge on any atom is -0.369 e. The summed E-state index contributed by atoms with van der Waals surface area (Å²) in [6, 6.07) is 5.74. The first kappa shape index (κ1) is 16.7. The molecule has 1 aromatic rings. The van der Waals surface area contributed by atoms with Crippen LogP contribution in [0.5, 0.6) is 0 Å². The molecule has 1 aliphatic rings. The van der Waals surface area contributed by atoms with Gasteiger partial charge in [-0.3, -0.25) is 14.5 Å². The molecule has 2 N–H and O–H groups in total. The highest BCUT2D eigenvalue weighted by Gasteiger charge is 2.22. The first-order valence-electron chi connectivity index (χ1n) is 6.72. The topological polar surface area (TPSA) is 66.6 Å². The van der Waals surface area contributed by atoms with Crippen molar-refractivity contribution in [2.24, 2.45) is 5.73 Å². The average molecular weight is 466 g/mol. The molecule has 2 rings (SSSR count). The molecule has 0 spiro atoms. The third-order valence-corrected chi connectivity index (χ3v) is 4.78. The van der Waals surface area contributed by atoms with Crippen LogP contribution < -0.4 is 5.73 Å². The van der Waals surface area contributed by atoms with Gasteiger partial charge in [-0.1, -0.05) is 0 Å². The number of rotatable bonds is 3. The summed E-state index contributed by atoms with van der Waals surface area (Å²) in [4.78, 5) is 27.5. The van der Waals surface area contributed by atoms with Gasteiger partial charge in [0.25, 0.3) is 5.91 Å². The molecule has 1 saturated heterocycles. The van der Waals surface area contributed by atoms with Crippen molar-refractivity contribution in [3.05, 3.63) is 31.8 Å². The molecule has 0 aliphatic carbocycles. The van der Waals surface area contributed by atoms with Gasteiger partial charge in [0.2, 0.25) is 5.91 Å². The van der Waals surface area contributed by atoms with Gasteiger partial charge in [0.15, 0.2) is 0 Å². The number of hydrogen-bond acceptors (Lipinski definition) is 3. The lowest BCUT2D eigenvalue weighted by molar-refractivity contribution is -0.119. The van der Waals surface area contributed by atoms with E-state index in [0.717, 1.165) is 21.0 Å². The smallest absolute Gasteiger partial charge is 0.255 e. The number of amides is 2. The van der Waals surface area contributed by atoms with E-state index in [0.29, 0.717) is 25.2 Å². The standard InChI is InChI=1S/C14H17BrIN3O2/c15-12-3-2-10(16)8-11(12)14(21)19-5-1-4-18(6-7-19)9-13(17)20/h2-3,8H,1,4-7,9H2,(H2,17,20). The molecule has 0 radical (unpaired) electrons. The highest BCUT2D eigenvalue weighted by Crippen LogP contribution is 2.21. The van der Waals surface area contributed by atoms with Gasteiger partial charge in [-0.25, -0.2) is 0 Å². The molecule has 1 aromatic carbocycles. The van der Waals surface area contributed by atoms with E-state index < -0.39 is 0 Å². The number of benzene rings is 1. The Morgan fingerprint density at radius 2 is 2.00 bits per heavy atom. The molecule has 21 heavy (non-hydrogen) atoms. The quantitative estimate of drug-likeness (QED) is 0.691. The normalized spacial score (nSPS) is 16.6. The Morgan fingerprint density at radius 1 is 1.24 bits per heavy atom. The van der Waals surface area contributed by atoms with E-state index in [-0.39, 0.29) is 18.4 Å². The number of hydrogen-bond donors (Lipinski definition) is 1. The molecular formula is C14H17BrIN3O2. The molecule has 7 heteroatoms. The minimum atomic E-state index is -0.324. The fraction of sp³-hybridized carbons (Fsp3) is 0.429. The molecule has 0 bridgehead atoms.